The van der Waals surface area contributed by atoms with E-state index in [0.717, 1.165) is 40.8 Å². The van der Waals surface area contributed by atoms with E-state index in [9.17, 15) is 0 Å². The van der Waals surface area contributed by atoms with E-state index in [0.29, 0.717) is 10.8 Å². The lowest BCUT2D eigenvalue weighted by Crippen LogP contribution is -2.20. The van der Waals surface area contributed by atoms with Crippen LogP contribution in [0.15, 0.2) is 36.7 Å². The van der Waals surface area contributed by atoms with Crippen molar-refractivity contribution in [2.24, 2.45) is 0 Å². The third-order valence-corrected chi connectivity index (χ3v) is 4.95. The van der Waals surface area contributed by atoms with Crippen LogP contribution in [0.5, 0.6) is 0 Å². The second-order valence-corrected chi connectivity index (χ2v) is 6.72. The van der Waals surface area contributed by atoms with Crippen LogP contribution >= 0.6 is 11.6 Å². The van der Waals surface area contributed by atoms with Crippen molar-refractivity contribution in [3.05, 3.63) is 47.2 Å². The standard InChI is InChI=1S/C19H19ClN4/c1-12-4-5-22-19(24-6-2-3-7-24)18(12)14-8-13-10-17(21)23-11-15(13)16(20)9-14/h4-5,8-11H,2-3,6-7H2,1H3,(H2,21,23). The van der Waals surface area contributed by atoms with Gasteiger partial charge in [0.1, 0.15) is 11.6 Å². The molecule has 3 heterocycles. The highest BCUT2D eigenvalue weighted by atomic mass is 35.5. The second-order valence-electron chi connectivity index (χ2n) is 6.31. The van der Waals surface area contributed by atoms with Crippen LogP contribution in [0.4, 0.5) is 11.6 Å². The van der Waals surface area contributed by atoms with Crippen LogP contribution in [0.2, 0.25) is 5.02 Å². The zero-order chi connectivity index (χ0) is 16.7. The zero-order valence-corrected chi connectivity index (χ0v) is 14.3. The maximum absolute atomic E-state index is 6.51. The van der Waals surface area contributed by atoms with Crippen LogP contribution in [0, 0.1) is 6.92 Å². The third kappa shape index (κ3) is 2.57. The number of benzene rings is 1. The van der Waals surface area contributed by atoms with Gasteiger partial charge in [-0.1, -0.05) is 11.6 Å². The lowest BCUT2D eigenvalue weighted by molar-refractivity contribution is 0.937. The lowest BCUT2D eigenvalue weighted by Gasteiger charge is -2.22. The largest absolute Gasteiger partial charge is 0.384 e. The van der Waals surface area contributed by atoms with Crippen LogP contribution in [-0.4, -0.2) is 23.1 Å². The minimum atomic E-state index is 0.499. The van der Waals surface area contributed by atoms with Crippen molar-refractivity contribution in [3.63, 3.8) is 0 Å². The molecule has 122 valence electrons. The van der Waals surface area contributed by atoms with E-state index >= 15 is 0 Å². The molecular formula is C19H19ClN4. The van der Waals surface area contributed by atoms with Gasteiger partial charge in [-0.05, 0) is 60.5 Å². The summed E-state index contributed by atoms with van der Waals surface area (Å²) in [6.45, 7) is 4.23. The van der Waals surface area contributed by atoms with Crippen molar-refractivity contribution in [2.45, 2.75) is 19.8 Å². The molecule has 0 amide bonds. The van der Waals surface area contributed by atoms with E-state index in [4.69, 9.17) is 17.3 Å². The maximum atomic E-state index is 6.51. The Kier molecular flexibility index (Phi) is 3.77. The van der Waals surface area contributed by atoms with Gasteiger partial charge in [0.15, 0.2) is 0 Å². The van der Waals surface area contributed by atoms with E-state index < -0.39 is 0 Å². The van der Waals surface area contributed by atoms with Crippen LogP contribution in [-0.2, 0) is 0 Å². The Hall–Kier alpha value is -2.33. The topological polar surface area (TPSA) is 55.0 Å². The first-order valence-corrected chi connectivity index (χ1v) is 8.57. The summed E-state index contributed by atoms with van der Waals surface area (Å²) in [5, 5.41) is 2.60. The number of aromatic nitrogens is 2. The number of aryl methyl sites for hydroxylation is 1. The summed E-state index contributed by atoms with van der Waals surface area (Å²) in [4.78, 5) is 11.2. The van der Waals surface area contributed by atoms with Crippen molar-refractivity contribution < 1.29 is 0 Å². The molecule has 1 saturated heterocycles. The Morgan fingerprint density at radius 3 is 2.71 bits per heavy atom. The summed E-state index contributed by atoms with van der Waals surface area (Å²) in [5.41, 5.74) is 9.27. The highest BCUT2D eigenvalue weighted by Gasteiger charge is 2.20. The molecule has 1 aromatic carbocycles. The van der Waals surface area contributed by atoms with Gasteiger partial charge in [0.05, 0.1) is 5.02 Å². The average molecular weight is 339 g/mol. The van der Waals surface area contributed by atoms with Gasteiger partial charge in [-0.3, -0.25) is 0 Å². The molecule has 5 heteroatoms. The smallest absolute Gasteiger partial charge is 0.136 e. The molecule has 4 nitrogen and oxygen atoms in total. The predicted molar refractivity (Wildman–Crippen MR) is 101 cm³/mol. The molecule has 0 unspecified atom stereocenters. The van der Waals surface area contributed by atoms with E-state index in [1.54, 1.807) is 6.20 Å². The van der Waals surface area contributed by atoms with Gasteiger partial charge < -0.3 is 10.6 Å². The lowest BCUT2D eigenvalue weighted by atomic mass is 9.98. The molecule has 1 fully saturated rings. The Balaban J connectivity index is 1.94. The molecule has 2 N–H and O–H groups in total. The molecule has 0 atom stereocenters. The first kappa shape index (κ1) is 15.2. The molecule has 24 heavy (non-hydrogen) atoms. The van der Waals surface area contributed by atoms with E-state index in [-0.39, 0.29) is 0 Å². The molecule has 0 radical (unpaired) electrons. The predicted octanol–water partition coefficient (Wildman–Crippen LogP) is 4.44. The maximum Gasteiger partial charge on any atom is 0.136 e. The van der Waals surface area contributed by atoms with Gasteiger partial charge in [-0.2, -0.15) is 0 Å². The van der Waals surface area contributed by atoms with E-state index in [1.807, 2.05) is 24.4 Å². The minimum Gasteiger partial charge on any atom is -0.384 e. The first-order valence-electron chi connectivity index (χ1n) is 8.19. The van der Waals surface area contributed by atoms with Gasteiger partial charge in [-0.25, -0.2) is 9.97 Å². The molecule has 1 aliphatic rings. The van der Waals surface area contributed by atoms with Gasteiger partial charge in [0.2, 0.25) is 0 Å². The molecule has 0 saturated carbocycles. The van der Waals surface area contributed by atoms with Crippen LogP contribution in [0.1, 0.15) is 18.4 Å². The van der Waals surface area contributed by atoms with Gasteiger partial charge in [-0.15, -0.1) is 0 Å². The number of nitrogens with zero attached hydrogens (tertiary/aromatic N) is 3. The fraction of sp³-hybridized carbons (Fsp3) is 0.263. The van der Waals surface area contributed by atoms with Crippen molar-refractivity contribution in [3.8, 4) is 11.1 Å². The van der Waals surface area contributed by atoms with Crippen LogP contribution in [0.3, 0.4) is 0 Å². The summed E-state index contributed by atoms with van der Waals surface area (Å²) < 4.78 is 0. The number of hydrogen-bond donors (Lipinski definition) is 1. The van der Waals surface area contributed by atoms with E-state index in [2.05, 4.69) is 27.9 Å². The number of pyridine rings is 2. The normalized spacial score (nSPS) is 14.5. The van der Waals surface area contributed by atoms with Crippen molar-refractivity contribution in [2.75, 3.05) is 23.7 Å². The number of nitrogens with two attached hydrogens (primary N) is 1. The van der Waals surface area contributed by atoms with Gasteiger partial charge in [0, 0.05) is 36.4 Å². The van der Waals surface area contributed by atoms with Crippen molar-refractivity contribution in [1.82, 2.24) is 9.97 Å². The summed E-state index contributed by atoms with van der Waals surface area (Å²) in [5.74, 6) is 1.54. The fourth-order valence-electron chi connectivity index (χ4n) is 3.44. The monoisotopic (exact) mass is 338 g/mol. The molecule has 3 aromatic rings. The van der Waals surface area contributed by atoms with Crippen LogP contribution in [0.25, 0.3) is 21.9 Å². The fourth-order valence-corrected chi connectivity index (χ4v) is 3.72. The first-order chi connectivity index (χ1) is 11.6. The third-order valence-electron chi connectivity index (χ3n) is 4.64. The zero-order valence-electron chi connectivity index (χ0n) is 13.6. The number of rotatable bonds is 2. The molecular weight excluding hydrogens is 320 g/mol. The molecule has 0 aliphatic carbocycles. The Bertz CT molecular complexity index is 917. The molecule has 0 spiro atoms. The number of fused-ring (bicyclic) bond motifs is 1. The Labute approximate surface area is 146 Å². The summed E-state index contributed by atoms with van der Waals surface area (Å²) in [7, 11) is 0. The van der Waals surface area contributed by atoms with Crippen molar-refractivity contribution in [1.29, 1.82) is 0 Å². The SMILES string of the molecule is Cc1ccnc(N2CCCC2)c1-c1cc(Cl)c2cnc(N)cc2c1. The average Bonchev–Trinajstić information content (AvgIpc) is 3.08. The number of halogens is 1. The quantitative estimate of drug-likeness (QED) is 0.750. The van der Waals surface area contributed by atoms with Crippen LogP contribution < -0.4 is 10.6 Å². The summed E-state index contributed by atoms with van der Waals surface area (Å²) in [6, 6.07) is 8.05. The highest BCUT2D eigenvalue weighted by Crippen LogP contribution is 2.37. The minimum absolute atomic E-state index is 0.499. The molecule has 1 aliphatic heterocycles. The second kappa shape index (κ2) is 5.95. The summed E-state index contributed by atoms with van der Waals surface area (Å²) >= 11 is 6.51. The van der Waals surface area contributed by atoms with Gasteiger partial charge >= 0.3 is 0 Å². The Morgan fingerprint density at radius 2 is 1.92 bits per heavy atom. The van der Waals surface area contributed by atoms with Gasteiger partial charge in [0.25, 0.3) is 0 Å². The Morgan fingerprint density at radius 1 is 1.12 bits per heavy atom. The highest BCUT2D eigenvalue weighted by molar-refractivity contribution is 6.36. The number of nitrogen functional groups attached to an aromatic ring is 1. The van der Waals surface area contributed by atoms with Crippen molar-refractivity contribution >= 4 is 34.0 Å². The molecule has 0 bridgehead atoms. The molecule has 2 aromatic heterocycles. The van der Waals surface area contributed by atoms with E-state index in [1.165, 1.54) is 18.4 Å². The summed E-state index contributed by atoms with van der Waals surface area (Å²) in [6.07, 6.45) is 6.05. The number of hydrogen-bond acceptors (Lipinski definition) is 4. The number of anilines is 2. The molecule has 4 rings (SSSR count).